The van der Waals surface area contributed by atoms with Crippen LogP contribution in [0.1, 0.15) is 28.4 Å². The molecule has 0 saturated heterocycles. The lowest BCUT2D eigenvalue weighted by atomic mass is 9.77. The fourth-order valence-electron chi connectivity index (χ4n) is 2.27. The van der Waals surface area contributed by atoms with Gasteiger partial charge in [0.1, 0.15) is 0 Å². The van der Waals surface area contributed by atoms with Crippen LogP contribution in [-0.2, 0) is 4.79 Å². The monoisotopic (exact) mass is 237 g/mol. The zero-order valence-electron chi connectivity index (χ0n) is 11.9. The van der Waals surface area contributed by atoms with Crippen molar-refractivity contribution in [2.45, 2.75) is 37.7 Å². The number of allylic oxidation sites excluding steroid dienone is 2. The van der Waals surface area contributed by atoms with Crippen molar-refractivity contribution in [2.75, 3.05) is 0 Å². The first-order valence-electron chi connectivity index (χ1n) is 6.80. The van der Waals surface area contributed by atoms with Crippen molar-refractivity contribution in [1.29, 1.82) is 5.41 Å². The lowest BCUT2D eigenvalue weighted by Crippen LogP contribution is -2.29. The van der Waals surface area contributed by atoms with Crippen molar-refractivity contribution in [3.8, 4) is 0 Å². The zero-order chi connectivity index (χ0) is 14.5. The highest BCUT2D eigenvalue weighted by atomic mass is 16.1. The van der Waals surface area contributed by atoms with Crippen molar-refractivity contribution >= 4 is 6.08 Å². The van der Waals surface area contributed by atoms with Gasteiger partial charge in [0.25, 0.3) is 0 Å². The maximum Gasteiger partial charge on any atom is 0.231 e. The van der Waals surface area contributed by atoms with Gasteiger partial charge in [-0.3, -0.25) is 0 Å². The summed E-state index contributed by atoms with van der Waals surface area (Å²) >= 11 is 0. The van der Waals surface area contributed by atoms with Gasteiger partial charge < -0.3 is 11.5 Å². The van der Waals surface area contributed by atoms with Gasteiger partial charge in [-0.15, -0.1) is 0 Å². The zero-order valence-corrected chi connectivity index (χ0v) is 9.86. The summed E-state index contributed by atoms with van der Waals surface area (Å²) < 4.78 is 15.4. The molecular weight excluding hydrogens is 214 g/mol. The molecule has 2 aliphatic rings. The van der Waals surface area contributed by atoms with E-state index in [1.54, 1.807) is 12.2 Å². The summed E-state index contributed by atoms with van der Waals surface area (Å²) in [5.41, 5.74) is 11.4. The Balaban J connectivity index is 0.000000550. The fourth-order valence-corrected chi connectivity index (χ4v) is 2.27. The average Bonchev–Trinajstić information content (AvgIpc) is 2.31. The van der Waals surface area contributed by atoms with Gasteiger partial charge in [-0.05, 0) is 37.5 Å². The largest absolute Gasteiger partial charge is 0.328 e. The molecular formula is C13H21N3O. The van der Waals surface area contributed by atoms with Gasteiger partial charge in [-0.25, -0.2) is 10.2 Å². The van der Waals surface area contributed by atoms with Gasteiger partial charge in [0.05, 0.1) is 1.37 Å². The van der Waals surface area contributed by atoms with E-state index < -0.39 is 12.0 Å². The number of hydrogen-bond acceptors (Lipinski definition) is 4. The predicted octanol–water partition coefficient (Wildman–Crippen LogP) is 1.47. The number of carbonyl (C=O) groups excluding carboxylic acids is 1. The van der Waals surface area contributed by atoms with Crippen LogP contribution in [0, 0.1) is 17.2 Å². The van der Waals surface area contributed by atoms with Crippen molar-refractivity contribution < 1.29 is 7.54 Å². The summed E-state index contributed by atoms with van der Waals surface area (Å²) in [5, 5.41) is 5.40. The fraction of sp³-hybridized carbons (Fsp3) is 0.615. The van der Waals surface area contributed by atoms with E-state index in [9.17, 15) is 0 Å². The minimum atomic E-state index is -1.03. The highest BCUT2D eigenvalue weighted by molar-refractivity contribution is 5.26. The first-order valence-corrected chi connectivity index (χ1v) is 5.80. The van der Waals surface area contributed by atoms with Crippen LogP contribution >= 0.6 is 0 Å². The number of nitrogens with two attached hydrogens (primary N) is 2. The highest BCUT2D eigenvalue weighted by Gasteiger charge is 2.24. The summed E-state index contributed by atoms with van der Waals surface area (Å²) in [6.45, 7) is 0. The molecule has 94 valence electrons. The van der Waals surface area contributed by atoms with Crippen LogP contribution in [0.15, 0.2) is 24.3 Å². The maximum atomic E-state index is 8.35. The van der Waals surface area contributed by atoms with Gasteiger partial charge >= 0.3 is 0 Å². The van der Waals surface area contributed by atoms with Gasteiger partial charge in [0.15, 0.2) is 0 Å². The first kappa shape index (κ1) is 10.9. The Kier molecular flexibility index (Phi) is 4.60. The second-order valence-electron chi connectivity index (χ2n) is 4.39. The molecule has 1 saturated carbocycles. The third kappa shape index (κ3) is 4.65. The van der Waals surface area contributed by atoms with Crippen molar-refractivity contribution in [3.63, 3.8) is 0 Å². The molecule has 2 aliphatic carbocycles. The van der Waals surface area contributed by atoms with E-state index in [0.717, 1.165) is 31.8 Å². The molecule has 5 N–H and O–H groups in total. The van der Waals surface area contributed by atoms with Crippen LogP contribution in [0.2, 0.25) is 0 Å². The van der Waals surface area contributed by atoms with E-state index in [1.807, 2.05) is 12.2 Å². The number of rotatable bonds is 1. The molecule has 0 radical (unpaired) electrons. The number of hydrogen-bond donors (Lipinski definition) is 3. The summed E-state index contributed by atoms with van der Waals surface area (Å²) in [7, 11) is 0. The van der Waals surface area contributed by atoms with Gasteiger partial charge in [-0.2, -0.15) is 0 Å². The van der Waals surface area contributed by atoms with Crippen LogP contribution in [0.25, 0.3) is 0 Å². The molecule has 4 nitrogen and oxygen atoms in total. The maximum absolute atomic E-state index is 8.35. The molecule has 0 spiro atoms. The van der Waals surface area contributed by atoms with E-state index in [1.165, 1.54) is 0 Å². The molecule has 17 heavy (non-hydrogen) atoms. The third-order valence-electron chi connectivity index (χ3n) is 3.24. The van der Waals surface area contributed by atoms with Crippen LogP contribution < -0.4 is 11.5 Å². The Bertz CT molecular complexity index is 373. The smallest absolute Gasteiger partial charge is 0.231 e. The van der Waals surface area contributed by atoms with Gasteiger partial charge in [0.2, 0.25) is 6.08 Å². The summed E-state index contributed by atoms with van der Waals surface area (Å²) in [4.78, 5) is 8.35. The van der Waals surface area contributed by atoms with E-state index in [0.29, 0.717) is 11.8 Å². The molecule has 0 bridgehead atoms. The van der Waals surface area contributed by atoms with Gasteiger partial charge in [-0.1, -0.05) is 24.3 Å². The summed E-state index contributed by atoms with van der Waals surface area (Å²) in [6, 6.07) is -1.75. The van der Waals surface area contributed by atoms with Crippen LogP contribution in [0.3, 0.4) is 0 Å². The second-order valence-corrected chi connectivity index (χ2v) is 4.39. The highest BCUT2D eigenvalue weighted by Crippen LogP contribution is 2.32. The predicted molar refractivity (Wildman–Crippen MR) is 68.1 cm³/mol. The van der Waals surface area contributed by atoms with Gasteiger partial charge in [0, 0.05) is 13.4 Å². The molecule has 2 rings (SSSR count). The Hall–Kier alpha value is -1.22. The Labute approximate surface area is 105 Å². The minimum absolute atomic E-state index is 0.373. The molecule has 0 unspecified atom stereocenters. The topological polar surface area (TPSA) is 93.0 Å². The Morgan fingerprint density at radius 3 is 2.06 bits per heavy atom. The average molecular weight is 237 g/mol. The molecule has 0 aromatic rings. The molecule has 0 aromatic carbocycles. The van der Waals surface area contributed by atoms with Crippen LogP contribution in [0.5, 0.6) is 0 Å². The number of nitrogens with one attached hydrogen (secondary N) is 1. The van der Waals surface area contributed by atoms with E-state index in [4.69, 9.17) is 24.4 Å². The minimum Gasteiger partial charge on any atom is -0.328 e. The molecule has 4 heteroatoms. The third-order valence-corrected chi connectivity index (χ3v) is 3.24. The van der Waals surface area contributed by atoms with Crippen molar-refractivity contribution in [2.24, 2.45) is 23.3 Å². The molecule has 0 aromatic heterocycles. The molecule has 0 atom stereocenters. The molecule has 0 amide bonds. The molecule has 0 aliphatic heterocycles. The van der Waals surface area contributed by atoms with Crippen LogP contribution in [0.4, 0.5) is 0 Å². The van der Waals surface area contributed by atoms with Crippen molar-refractivity contribution in [1.82, 2.24) is 0 Å². The normalized spacial score (nSPS) is 46.0. The summed E-state index contributed by atoms with van der Waals surface area (Å²) in [5.74, 6) is 0.934. The number of isocyanates is 1. The van der Waals surface area contributed by atoms with Crippen molar-refractivity contribution in [3.05, 3.63) is 24.3 Å². The lowest BCUT2D eigenvalue weighted by molar-refractivity contribution is 0.291. The standard InChI is InChI=1S/C12H20N2.CHNO/c13-11-5-1-9(2-6-11)10-3-7-12(14)8-4-10;2-1-3/h1-2,5-6,9-12H,3-4,7-8,13-14H2;2H/i11D,12D;. The lowest BCUT2D eigenvalue weighted by Gasteiger charge is -2.30. The molecule has 0 heterocycles. The Morgan fingerprint density at radius 2 is 1.59 bits per heavy atom. The summed E-state index contributed by atoms with van der Waals surface area (Å²) in [6.07, 6.45) is 11.8. The SMILES string of the molecule is N=C=O.[2H]C1(N)C=CC(C2CCC([2H])(N)CC2)C=C1. The Morgan fingerprint density at radius 1 is 1.12 bits per heavy atom. The first-order chi connectivity index (χ1) is 8.79. The van der Waals surface area contributed by atoms with E-state index in [2.05, 4.69) is 0 Å². The van der Waals surface area contributed by atoms with E-state index in [-0.39, 0.29) is 0 Å². The molecule has 1 fully saturated rings. The van der Waals surface area contributed by atoms with Crippen LogP contribution in [-0.4, -0.2) is 18.1 Å². The second kappa shape index (κ2) is 7.17. The van der Waals surface area contributed by atoms with E-state index >= 15 is 0 Å². The quantitative estimate of drug-likeness (QED) is 0.366.